The van der Waals surface area contributed by atoms with Crippen LogP contribution >= 0.6 is 0 Å². The molecule has 0 aromatic heterocycles. The monoisotopic (exact) mass is 329 g/mol. The van der Waals surface area contributed by atoms with Crippen molar-refractivity contribution >= 4 is 10.0 Å². The zero-order chi connectivity index (χ0) is 16.6. The highest BCUT2D eigenvalue weighted by atomic mass is 32.2. The van der Waals surface area contributed by atoms with Gasteiger partial charge in [-0.05, 0) is 62.3 Å². The quantitative estimate of drug-likeness (QED) is 0.926. The number of aryl methyl sites for hydroxylation is 4. The van der Waals surface area contributed by atoms with Crippen LogP contribution in [-0.4, -0.2) is 8.42 Å². The highest BCUT2D eigenvalue weighted by molar-refractivity contribution is 7.89. The Hall–Kier alpha value is -1.65. The minimum absolute atomic E-state index is 0.134. The predicted octanol–water partition coefficient (Wildman–Crippen LogP) is 3.97. The van der Waals surface area contributed by atoms with Crippen LogP contribution in [0, 0.1) is 20.8 Å². The van der Waals surface area contributed by atoms with E-state index in [0.717, 1.165) is 41.5 Å². The highest BCUT2D eigenvalue weighted by Gasteiger charge is 2.27. The van der Waals surface area contributed by atoms with Crippen molar-refractivity contribution < 1.29 is 8.42 Å². The van der Waals surface area contributed by atoms with E-state index < -0.39 is 10.0 Å². The summed E-state index contributed by atoms with van der Waals surface area (Å²) in [6, 6.07) is 11.9. The van der Waals surface area contributed by atoms with Crippen LogP contribution in [0.4, 0.5) is 0 Å². The normalized spacial score (nSPS) is 17.8. The Morgan fingerprint density at radius 3 is 2.39 bits per heavy atom. The van der Waals surface area contributed by atoms with Crippen molar-refractivity contribution in [3.8, 4) is 0 Å². The molecule has 0 saturated carbocycles. The van der Waals surface area contributed by atoms with E-state index in [4.69, 9.17) is 0 Å². The number of benzene rings is 2. The Kier molecular flexibility index (Phi) is 4.30. The van der Waals surface area contributed by atoms with Crippen molar-refractivity contribution in [2.75, 3.05) is 0 Å². The maximum Gasteiger partial charge on any atom is 0.241 e. The molecule has 0 saturated heterocycles. The zero-order valence-electron chi connectivity index (χ0n) is 13.9. The molecule has 3 rings (SSSR count). The van der Waals surface area contributed by atoms with Gasteiger partial charge in [-0.2, -0.15) is 0 Å². The second kappa shape index (κ2) is 6.10. The third kappa shape index (κ3) is 3.19. The first-order valence-corrected chi connectivity index (χ1v) is 9.55. The summed E-state index contributed by atoms with van der Waals surface area (Å²) in [6.45, 7) is 5.72. The van der Waals surface area contributed by atoms with Gasteiger partial charge in [0.05, 0.1) is 4.90 Å². The minimum atomic E-state index is -3.53. The molecule has 1 aliphatic rings. The lowest BCUT2D eigenvalue weighted by Gasteiger charge is -2.27. The third-order valence-corrected chi connectivity index (χ3v) is 6.32. The molecule has 0 unspecified atom stereocenters. The largest absolute Gasteiger partial charge is 0.241 e. The lowest BCUT2D eigenvalue weighted by Crippen LogP contribution is -2.32. The fraction of sp³-hybridized carbons (Fsp3) is 0.368. The Balaban J connectivity index is 1.98. The van der Waals surface area contributed by atoms with Crippen LogP contribution in [0.3, 0.4) is 0 Å². The van der Waals surface area contributed by atoms with Gasteiger partial charge in [0.1, 0.15) is 0 Å². The van der Waals surface area contributed by atoms with E-state index >= 15 is 0 Å². The fourth-order valence-electron chi connectivity index (χ4n) is 3.71. The molecular weight excluding hydrogens is 306 g/mol. The molecular formula is C19H23NO2S. The van der Waals surface area contributed by atoms with Crippen molar-refractivity contribution in [2.45, 2.75) is 51.0 Å². The molecule has 0 radical (unpaired) electrons. The number of hydrogen-bond donors (Lipinski definition) is 1. The van der Waals surface area contributed by atoms with E-state index in [1.54, 1.807) is 0 Å². The van der Waals surface area contributed by atoms with Crippen molar-refractivity contribution in [3.63, 3.8) is 0 Å². The second-order valence-corrected chi connectivity index (χ2v) is 8.14. The van der Waals surface area contributed by atoms with Crippen molar-refractivity contribution in [1.29, 1.82) is 0 Å². The third-order valence-electron chi connectivity index (χ3n) is 4.54. The van der Waals surface area contributed by atoms with Crippen molar-refractivity contribution in [2.24, 2.45) is 0 Å². The second-order valence-electron chi connectivity index (χ2n) is 6.49. The average molecular weight is 329 g/mol. The first-order chi connectivity index (χ1) is 10.9. The van der Waals surface area contributed by atoms with Gasteiger partial charge in [0.2, 0.25) is 10.0 Å². The maximum atomic E-state index is 13.0. The van der Waals surface area contributed by atoms with Gasteiger partial charge in [0.15, 0.2) is 0 Å². The van der Waals surface area contributed by atoms with E-state index in [-0.39, 0.29) is 6.04 Å². The van der Waals surface area contributed by atoms with Crippen LogP contribution < -0.4 is 4.72 Å². The van der Waals surface area contributed by atoms with Gasteiger partial charge in [-0.15, -0.1) is 0 Å². The molecule has 2 aromatic carbocycles. The Bertz CT molecular complexity index is 817. The number of fused-ring (bicyclic) bond motifs is 1. The van der Waals surface area contributed by atoms with E-state index in [9.17, 15) is 8.42 Å². The van der Waals surface area contributed by atoms with Crippen molar-refractivity contribution in [3.05, 3.63) is 64.2 Å². The molecule has 0 aliphatic heterocycles. The standard InChI is InChI=1S/C19H23NO2S/c1-13-11-14(2)19(15(3)12-13)23(21,22)20-18-10-6-8-16-7-4-5-9-17(16)18/h4-5,7,9,11-12,18,20H,6,8,10H2,1-3H3/t18-/m0/s1. The molecule has 0 heterocycles. The predicted molar refractivity (Wildman–Crippen MR) is 93.1 cm³/mol. The SMILES string of the molecule is Cc1cc(C)c(S(=O)(=O)N[C@H]2CCCc3ccccc32)c(C)c1. The lowest BCUT2D eigenvalue weighted by molar-refractivity contribution is 0.507. The summed E-state index contributed by atoms with van der Waals surface area (Å²) >= 11 is 0. The number of hydrogen-bond acceptors (Lipinski definition) is 2. The van der Waals surface area contributed by atoms with Gasteiger partial charge in [0, 0.05) is 6.04 Å². The van der Waals surface area contributed by atoms with Crippen LogP contribution in [0.5, 0.6) is 0 Å². The molecule has 0 amide bonds. The molecule has 23 heavy (non-hydrogen) atoms. The summed E-state index contributed by atoms with van der Waals surface area (Å²) in [4.78, 5) is 0.422. The average Bonchev–Trinajstić information content (AvgIpc) is 2.45. The van der Waals surface area contributed by atoms with Crippen molar-refractivity contribution in [1.82, 2.24) is 4.72 Å². The summed E-state index contributed by atoms with van der Waals surface area (Å²) in [7, 11) is -3.53. The molecule has 1 atom stereocenters. The Labute approximate surface area is 138 Å². The first-order valence-electron chi connectivity index (χ1n) is 8.06. The number of sulfonamides is 1. The summed E-state index contributed by atoms with van der Waals surface area (Å²) in [5, 5.41) is 0. The number of rotatable bonds is 3. The molecule has 0 spiro atoms. The fourth-order valence-corrected chi connectivity index (χ4v) is 5.42. The Morgan fingerprint density at radius 2 is 1.70 bits per heavy atom. The zero-order valence-corrected chi connectivity index (χ0v) is 14.7. The first kappa shape index (κ1) is 16.2. The van der Waals surface area contributed by atoms with E-state index in [1.807, 2.05) is 51.1 Å². The molecule has 1 aliphatic carbocycles. The minimum Gasteiger partial charge on any atom is -0.207 e. The molecule has 122 valence electrons. The smallest absolute Gasteiger partial charge is 0.207 e. The van der Waals surface area contributed by atoms with Crippen LogP contribution in [0.2, 0.25) is 0 Å². The summed E-state index contributed by atoms with van der Waals surface area (Å²) in [5.74, 6) is 0. The van der Waals surface area contributed by atoms with Crippen LogP contribution in [0.1, 0.15) is 46.7 Å². The van der Waals surface area contributed by atoms with Gasteiger partial charge in [0.25, 0.3) is 0 Å². The van der Waals surface area contributed by atoms with E-state index in [1.165, 1.54) is 5.56 Å². The van der Waals surface area contributed by atoms with Gasteiger partial charge < -0.3 is 0 Å². The molecule has 1 N–H and O–H groups in total. The topological polar surface area (TPSA) is 46.2 Å². The summed E-state index contributed by atoms with van der Waals surface area (Å²) < 4.78 is 28.8. The Morgan fingerprint density at radius 1 is 1.04 bits per heavy atom. The summed E-state index contributed by atoms with van der Waals surface area (Å²) in [5.41, 5.74) is 5.06. The highest BCUT2D eigenvalue weighted by Crippen LogP contribution is 2.32. The lowest BCUT2D eigenvalue weighted by atomic mass is 9.88. The molecule has 2 aromatic rings. The summed E-state index contributed by atoms with van der Waals surface area (Å²) in [6.07, 6.45) is 2.88. The van der Waals surface area contributed by atoms with Crippen LogP contribution in [0.25, 0.3) is 0 Å². The maximum absolute atomic E-state index is 13.0. The molecule has 4 heteroatoms. The molecule has 0 fully saturated rings. The molecule has 0 bridgehead atoms. The van der Waals surface area contributed by atoms with Crippen LogP contribution in [0.15, 0.2) is 41.3 Å². The molecule has 3 nitrogen and oxygen atoms in total. The van der Waals surface area contributed by atoms with Gasteiger partial charge in [-0.1, -0.05) is 42.0 Å². The number of nitrogens with one attached hydrogen (secondary N) is 1. The van der Waals surface area contributed by atoms with E-state index in [2.05, 4.69) is 10.8 Å². The van der Waals surface area contributed by atoms with Crippen LogP contribution in [-0.2, 0) is 16.4 Å². The van der Waals surface area contributed by atoms with E-state index in [0.29, 0.717) is 4.90 Å². The van der Waals surface area contributed by atoms with Gasteiger partial charge in [-0.3, -0.25) is 0 Å². The van der Waals surface area contributed by atoms with Gasteiger partial charge >= 0.3 is 0 Å². The van der Waals surface area contributed by atoms with Gasteiger partial charge in [-0.25, -0.2) is 13.1 Å².